The zero-order chi connectivity index (χ0) is 15.4. The topological polar surface area (TPSA) is 72.6 Å². The predicted molar refractivity (Wildman–Crippen MR) is 70.4 cm³/mol. The van der Waals surface area contributed by atoms with E-state index in [0.29, 0.717) is 19.4 Å². The largest absolute Gasteiger partial charge is 0.484 e. The molecule has 5 nitrogen and oxygen atoms in total. The molecular weight excluding hydrogens is 282 g/mol. The van der Waals surface area contributed by atoms with Crippen molar-refractivity contribution in [3.05, 3.63) is 29.8 Å². The van der Waals surface area contributed by atoms with Gasteiger partial charge in [0.15, 0.2) is 18.2 Å². The number of hydrogen-bond acceptors (Lipinski definition) is 3. The number of piperidine rings is 1. The van der Waals surface area contributed by atoms with Crippen molar-refractivity contribution in [2.24, 2.45) is 11.7 Å². The summed E-state index contributed by atoms with van der Waals surface area (Å²) in [7, 11) is 0. The van der Waals surface area contributed by atoms with E-state index in [9.17, 15) is 18.4 Å². The van der Waals surface area contributed by atoms with Crippen LogP contribution in [0.25, 0.3) is 0 Å². The second-order valence-electron chi connectivity index (χ2n) is 4.95. The molecule has 0 spiro atoms. The first kappa shape index (κ1) is 15.2. The maximum absolute atomic E-state index is 13.0. The molecule has 7 heteroatoms. The highest BCUT2D eigenvalue weighted by Gasteiger charge is 2.27. The van der Waals surface area contributed by atoms with Crippen LogP contribution in [0.3, 0.4) is 0 Å². The maximum Gasteiger partial charge on any atom is 0.260 e. The van der Waals surface area contributed by atoms with Crippen molar-refractivity contribution in [3.8, 4) is 5.75 Å². The van der Waals surface area contributed by atoms with E-state index in [2.05, 4.69) is 0 Å². The summed E-state index contributed by atoms with van der Waals surface area (Å²) in [6.45, 7) is 0.510. The molecule has 0 bridgehead atoms. The van der Waals surface area contributed by atoms with E-state index in [4.69, 9.17) is 10.5 Å². The molecule has 114 valence electrons. The number of amides is 2. The highest BCUT2D eigenvalue weighted by Crippen LogP contribution is 2.18. The second kappa shape index (κ2) is 6.51. The Balaban J connectivity index is 1.89. The standard InChI is InChI=1S/C14H16F2N2O3/c15-11-4-3-10(6-12(11)16)21-8-13(19)18-5-1-2-9(7-18)14(17)20/h3-4,6,9H,1-2,5,7-8H2,(H2,17,20). The zero-order valence-corrected chi connectivity index (χ0v) is 11.4. The number of carbonyl (C=O) groups excluding carboxylic acids is 2. The van der Waals surface area contributed by atoms with E-state index in [1.54, 1.807) is 0 Å². The quantitative estimate of drug-likeness (QED) is 0.903. The van der Waals surface area contributed by atoms with Crippen molar-refractivity contribution in [1.82, 2.24) is 4.90 Å². The third-order valence-electron chi connectivity index (χ3n) is 3.43. The molecular formula is C14H16F2N2O3. The van der Waals surface area contributed by atoms with Gasteiger partial charge in [-0.1, -0.05) is 0 Å². The normalized spacial score (nSPS) is 18.4. The van der Waals surface area contributed by atoms with Gasteiger partial charge in [0, 0.05) is 19.2 Å². The van der Waals surface area contributed by atoms with E-state index in [0.717, 1.165) is 12.1 Å². The molecule has 1 heterocycles. The molecule has 1 aliphatic rings. The smallest absolute Gasteiger partial charge is 0.260 e. The van der Waals surface area contributed by atoms with Crippen molar-refractivity contribution in [1.29, 1.82) is 0 Å². The first-order valence-electron chi connectivity index (χ1n) is 6.62. The highest BCUT2D eigenvalue weighted by molar-refractivity contribution is 5.81. The van der Waals surface area contributed by atoms with Crippen LogP contribution < -0.4 is 10.5 Å². The number of rotatable bonds is 4. The number of halogens is 2. The Hall–Kier alpha value is -2.18. The number of nitrogens with zero attached hydrogens (tertiary/aromatic N) is 1. The number of benzene rings is 1. The van der Waals surface area contributed by atoms with Crippen molar-refractivity contribution in [2.45, 2.75) is 12.8 Å². The van der Waals surface area contributed by atoms with Gasteiger partial charge in [-0.3, -0.25) is 9.59 Å². The number of primary amides is 1. The van der Waals surface area contributed by atoms with Gasteiger partial charge in [-0.15, -0.1) is 0 Å². The van der Waals surface area contributed by atoms with E-state index < -0.39 is 17.5 Å². The first-order valence-corrected chi connectivity index (χ1v) is 6.62. The zero-order valence-electron chi connectivity index (χ0n) is 11.4. The molecule has 2 amide bonds. The molecule has 2 N–H and O–H groups in total. The van der Waals surface area contributed by atoms with Gasteiger partial charge < -0.3 is 15.4 Å². The minimum Gasteiger partial charge on any atom is -0.484 e. The van der Waals surface area contributed by atoms with Crippen molar-refractivity contribution in [3.63, 3.8) is 0 Å². The Morgan fingerprint density at radius 1 is 1.33 bits per heavy atom. The average Bonchev–Trinajstić information content (AvgIpc) is 2.48. The fraction of sp³-hybridized carbons (Fsp3) is 0.429. The van der Waals surface area contributed by atoms with E-state index in [1.807, 2.05) is 0 Å². The lowest BCUT2D eigenvalue weighted by molar-refractivity contribution is -0.136. The molecule has 0 radical (unpaired) electrons. The van der Waals surface area contributed by atoms with Crippen molar-refractivity contribution in [2.75, 3.05) is 19.7 Å². The van der Waals surface area contributed by atoms with Gasteiger partial charge in [0.2, 0.25) is 5.91 Å². The summed E-state index contributed by atoms with van der Waals surface area (Å²) in [4.78, 5) is 24.6. The third kappa shape index (κ3) is 3.90. The van der Waals surface area contributed by atoms with E-state index >= 15 is 0 Å². The fourth-order valence-electron chi connectivity index (χ4n) is 2.24. The van der Waals surface area contributed by atoms with E-state index in [1.165, 1.54) is 11.0 Å². The number of carbonyl (C=O) groups is 2. The Bertz CT molecular complexity index is 551. The second-order valence-corrected chi connectivity index (χ2v) is 4.95. The minimum absolute atomic E-state index is 0.0747. The van der Waals surface area contributed by atoms with Crippen LogP contribution in [-0.2, 0) is 9.59 Å². The van der Waals surface area contributed by atoms with Gasteiger partial charge in [-0.05, 0) is 25.0 Å². The van der Waals surface area contributed by atoms with Crippen LogP contribution in [0.4, 0.5) is 8.78 Å². The van der Waals surface area contributed by atoms with Crippen LogP contribution in [0.5, 0.6) is 5.75 Å². The Labute approximate surface area is 120 Å². The minimum atomic E-state index is -1.04. The molecule has 1 fully saturated rings. The Kier molecular flexibility index (Phi) is 4.72. The van der Waals surface area contributed by atoms with Crippen LogP contribution in [0.1, 0.15) is 12.8 Å². The van der Waals surface area contributed by atoms with E-state index in [-0.39, 0.29) is 30.7 Å². The lowest BCUT2D eigenvalue weighted by atomic mass is 9.97. The Morgan fingerprint density at radius 2 is 2.10 bits per heavy atom. The summed E-state index contributed by atoms with van der Waals surface area (Å²) >= 11 is 0. The molecule has 0 saturated carbocycles. The Morgan fingerprint density at radius 3 is 2.76 bits per heavy atom. The van der Waals surface area contributed by atoms with Crippen molar-refractivity contribution >= 4 is 11.8 Å². The predicted octanol–water partition coefficient (Wildman–Crippen LogP) is 1.07. The van der Waals surface area contributed by atoms with Crippen LogP contribution >= 0.6 is 0 Å². The summed E-state index contributed by atoms with van der Waals surface area (Å²) in [6, 6.07) is 3.05. The summed E-state index contributed by atoms with van der Waals surface area (Å²) in [5, 5.41) is 0. The maximum atomic E-state index is 13.0. The lowest BCUT2D eigenvalue weighted by Crippen LogP contribution is -2.45. The van der Waals surface area contributed by atoms with Gasteiger partial charge in [0.25, 0.3) is 5.91 Å². The number of hydrogen-bond donors (Lipinski definition) is 1. The molecule has 1 aliphatic heterocycles. The van der Waals surface area contributed by atoms with Gasteiger partial charge in [0.1, 0.15) is 5.75 Å². The molecule has 2 rings (SSSR count). The van der Waals surface area contributed by atoms with Crippen molar-refractivity contribution < 1.29 is 23.1 Å². The van der Waals surface area contributed by atoms with Crippen LogP contribution in [0.15, 0.2) is 18.2 Å². The average molecular weight is 298 g/mol. The van der Waals surface area contributed by atoms with Gasteiger partial charge in [0.05, 0.1) is 5.92 Å². The summed E-state index contributed by atoms with van der Waals surface area (Å²) < 4.78 is 30.9. The van der Waals surface area contributed by atoms with Gasteiger partial charge >= 0.3 is 0 Å². The summed E-state index contributed by atoms with van der Waals surface area (Å²) in [5.41, 5.74) is 5.24. The SMILES string of the molecule is NC(=O)C1CCCN(C(=O)COc2ccc(F)c(F)c2)C1. The lowest BCUT2D eigenvalue weighted by Gasteiger charge is -2.31. The molecule has 1 aromatic carbocycles. The monoisotopic (exact) mass is 298 g/mol. The number of likely N-dealkylation sites (tertiary alicyclic amines) is 1. The molecule has 1 unspecified atom stereocenters. The molecule has 1 atom stereocenters. The van der Waals surface area contributed by atoms with Crippen LogP contribution in [0, 0.1) is 17.6 Å². The molecule has 1 aromatic rings. The van der Waals surface area contributed by atoms with Crippen LogP contribution in [0.2, 0.25) is 0 Å². The number of nitrogens with two attached hydrogens (primary N) is 1. The number of ether oxygens (including phenoxy) is 1. The molecule has 0 aliphatic carbocycles. The third-order valence-corrected chi connectivity index (χ3v) is 3.43. The summed E-state index contributed by atoms with van der Waals surface area (Å²) in [6.07, 6.45) is 1.37. The van der Waals surface area contributed by atoms with Gasteiger partial charge in [-0.25, -0.2) is 8.78 Å². The molecule has 21 heavy (non-hydrogen) atoms. The first-order chi connectivity index (χ1) is 9.97. The summed E-state index contributed by atoms with van der Waals surface area (Å²) in [5.74, 6) is -3.02. The fourth-order valence-corrected chi connectivity index (χ4v) is 2.24. The molecule has 0 aromatic heterocycles. The highest BCUT2D eigenvalue weighted by atomic mass is 19.2. The van der Waals surface area contributed by atoms with Gasteiger partial charge in [-0.2, -0.15) is 0 Å². The van der Waals surface area contributed by atoms with Crippen LogP contribution in [-0.4, -0.2) is 36.4 Å². The molecule has 1 saturated heterocycles.